The zero-order chi connectivity index (χ0) is 18.3. The molecule has 1 fully saturated rings. The van der Waals surface area contributed by atoms with Crippen LogP contribution in [0.3, 0.4) is 0 Å². The number of methoxy groups -OCH3 is 1. The molecule has 136 valence electrons. The third kappa shape index (κ3) is 3.61. The average Bonchev–Trinajstić information content (AvgIpc) is 3.24. The van der Waals surface area contributed by atoms with Crippen LogP contribution in [0.1, 0.15) is 38.0 Å². The van der Waals surface area contributed by atoms with E-state index in [0.29, 0.717) is 11.3 Å². The third-order valence-electron chi connectivity index (χ3n) is 3.94. The molecular weight excluding hydrogens is 337 g/mol. The second kappa shape index (κ2) is 6.33. The Bertz CT molecular complexity index is 596. The van der Waals surface area contributed by atoms with Crippen molar-refractivity contribution in [2.45, 2.75) is 51.8 Å². The van der Waals surface area contributed by atoms with Crippen molar-refractivity contribution < 1.29 is 22.3 Å². The summed E-state index contributed by atoms with van der Waals surface area (Å²) < 4.78 is 51.6. The van der Waals surface area contributed by atoms with Crippen molar-refractivity contribution in [3.63, 3.8) is 0 Å². The van der Waals surface area contributed by atoms with E-state index in [0.717, 1.165) is 0 Å². The normalized spacial score (nSPS) is 18.6. The molecule has 0 spiro atoms. The molecule has 0 saturated carbocycles. The minimum absolute atomic E-state index is 0.106. The molecule has 1 aliphatic heterocycles. The SMILES string of the molecule is COc1ccc(C2(C(F)(F)F)NN2)cc1C(O[SiH](C)C)C(C)(C)C. The van der Waals surface area contributed by atoms with Gasteiger partial charge in [-0.15, -0.1) is 0 Å². The lowest BCUT2D eigenvalue weighted by atomic mass is 9.83. The Morgan fingerprint density at radius 2 is 1.71 bits per heavy atom. The van der Waals surface area contributed by atoms with Crippen molar-refractivity contribution in [2.75, 3.05) is 7.11 Å². The van der Waals surface area contributed by atoms with Crippen LogP contribution in [0.25, 0.3) is 0 Å². The molecule has 1 aromatic carbocycles. The van der Waals surface area contributed by atoms with Gasteiger partial charge in [0.25, 0.3) is 0 Å². The number of benzene rings is 1. The summed E-state index contributed by atoms with van der Waals surface area (Å²) in [7, 11) is 0.0978. The first-order valence-corrected chi connectivity index (χ1v) is 10.7. The Hall–Kier alpha value is -1.09. The summed E-state index contributed by atoms with van der Waals surface area (Å²) >= 11 is 0. The smallest absolute Gasteiger partial charge is 0.426 e. The lowest BCUT2D eigenvalue weighted by Gasteiger charge is -2.34. The number of alkyl halides is 3. The summed E-state index contributed by atoms with van der Waals surface area (Å²) in [5.74, 6) is 0.534. The molecule has 8 heteroatoms. The van der Waals surface area contributed by atoms with Crippen LogP contribution in [-0.4, -0.2) is 22.3 Å². The highest BCUT2D eigenvalue weighted by Crippen LogP contribution is 2.46. The monoisotopic (exact) mass is 362 g/mol. The second-order valence-electron chi connectivity index (χ2n) is 7.39. The van der Waals surface area contributed by atoms with Gasteiger partial charge in [0.05, 0.1) is 13.2 Å². The molecule has 2 N–H and O–H groups in total. The molecule has 2 rings (SSSR count). The number of rotatable bonds is 5. The van der Waals surface area contributed by atoms with E-state index in [1.807, 2.05) is 33.9 Å². The number of nitrogens with one attached hydrogen (secondary N) is 2. The molecule has 24 heavy (non-hydrogen) atoms. The summed E-state index contributed by atoms with van der Waals surface area (Å²) in [6, 6.07) is 4.53. The van der Waals surface area contributed by atoms with Crippen molar-refractivity contribution in [3.05, 3.63) is 29.3 Å². The Kier molecular flexibility index (Phi) is 5.07. The number of hydrogen-bond acceptors (Lipinski definition) is 4. The van der Waals surface area contributed by atoms with E-state index in [2.05, 4.69) is 10.9 Å². The molecular formula is C16H25F3N2O2Si. The van der Waals surface area contributed by atoms with Gasteiger partial charge < -0.3 is 9.16 Å². The van der Waals surface area contributed by atoms with Gasteiger partial charge in [-0.2, -0.15) is 13.2 Å². The molecule has 1 saturated heterocycles. The van der Waals surface area contributed by atoms with Gasteiger partial charge >= 0.3 is 6.18 Å². The largest absolute Gasteiger partial charge is 0.496 e. The van der Waals surface area contributed by atoms with E-state index in [9.17, 15) is 13.2 Å². The van der Waals surface area contributed by atoms with E-state index < -0.39 is 20.9 Å². The van der Waals surface area contributed by atoms with Crippen molar-refractivity contribution in [1.29, 1.82) is 0 Å². The molecule has 1 atom stereocenters. The minimum Gasteiger partial charge on any atom is -0.496 e. The van der Waals surface area contributed by atoms with E-state index in [1.165, 1.54) is 19.2 Å². The Morgan fingerprint density at radius 1 is 1.12 bits per heavy atom. The number of halogens is 3. The fourth-order valence-corrected chi connectivity index (χ4v) is 3.80. The predicted molar refractivity (Wildman–Crippen MR) is 89.2 cm³/mol. The average molecular weight is 362 g/mol. The highest BCUT2D eigenvalue weighted by Gasteiger charge is 2.65. The summed E-state index contributed by atoms with van der Waals surface area (Å²) in [5.41, 5.74) is 2.76. The van der Waals surface area contributed by atoms with Crippen LogP contribution in [0.15, 0.2) is 18.2 Å². The van der Waals surface area contributed by atoms with Gasteiger partial charge in [-0.05, 0) is 36.2 Å². The topological polar surface area (TPSA) is 62.3 Å². The fourth-order valence-electron chi connectivity index (χ4n) is 2.70. The molecule has 0 aliphatic carbocycles. The molecule has 1 aromatic rings. The molecule has 0 amide bonds. The van der Waals surface area contributed by atoms with Crippen LogP contribution in [-0.2, 0) is 10.1 Å². The first kappa shape index (κ1) is 19.2. The van der Waals surface area contributed by atoms with Crippen LogP contribution in [0.5, 0.6) is 5.75 Å². The zero-order valence-corrected chi connectivity index (χ0v) is 16.0. The fraction of sp³-hybridized carbons (Fsp3) is 0.625. The van der Waals surface area contributed by atoms with Crippen molar-refractivity contribution in [3.8, 4) is 5.75 Å². The first-order valence-electron chi connectivity index (χ1n) is 7.87. The van der Waals surface area contributed by atoms with E-state index in [4.69, 9.17) is 9.16 Å². The van der Waals surface area contributed by atoms with Crippen LogP contribution >= 0.6 is 0 Å². The summed E-state index contributed by atoms with van der Waals surface area (Å²) in [4.78, 5) is 0. The van der Waals surface area contributed by atoms with Crippen LogP contribution in [0, 0.1) is 5.41 Å². The number of hydrazine groups is 1. The Labute approximate surface area is 142 Å². The maximum atomic E-state index is 13.4. The summed E-state index contributed by atoms with van der Waals surface area (Å²) in [6.45, 7) is 10.1. The maximum Gasteiger partial charge on any atom is 0.426 e. The quantitative estimate of drug-likeness (QED) is 0.620. The Morgan fingerprint density at radius 3 is 2.08 bits per heavy atom. The predicted octanol–water partition coefficient (Wildman–Crippen LogP) is 3.61. The van der Waals surface area contributed by atoms with Gasteiger partial charge in [-0.3, -0.25) is 0 Å². The molecule has 1 aliphatic rings. The standard InChI is InChI=1S/C16H25F3N2O2Si/c1-14(2,3)13(23-24(5)6)11-9-10(7-8-12(11)22-4)15(20-21-15)16(17,18)19/h7-9,13,20-21,24H,1-6H3. The minimum atomic E-state index is -4.44. The molecule has 0 bridgehead atoms. The lowest BCUT2D eigenvalue weighted by Crippen LogP contribution is -2.35. The Balaban J connectivity index is 2.53. The van der Waals surface area contributed by atoms with E-state index >= 15 is 0 Å². The van der Waals surface area contributed by atoms with Gasteiger partial charge in [-0.25, -0.2) is 10.9 Å². The van der Waals surface area contributed by atoms with E-state index in [1.54, 1.807) is 6.07 Å². The highest BCUT2D eigenvalue weighted by molar-refractivity contribution is 6.48. The van der Waals surface area contributed by atoms with Crippen molar-refractivity contribution in [1.82, 2.24) is 10.9 Å². The highest BCUT2D eigenvalue weighted by atomic mass is 28.3. The van der Waals surface area contributed by atoms with Gasteiger partial charge in [0.15, 0.2) is 9.04 Å². The second-order valence-corrected chi connectivity index (χ2v) is 9.76. The zero-order valence-electron chi connectivity index (χ0n) is 14.8. The summed E-state index contributed by atoms with van der Waals surface area (Å²) in [5, 5.41) is 0. The van der Waals surface area contributed by atoms with Gasteiger partial charge in [0.1, 0.15) is 5.75 Å². The van der Waals surface area contributed by atoms with Gasteiger partial charge in [0.2, 0.25) is 5.66 Å². The molecule has 1 unspecified atom stereocenters. The van der Waals surface area contributed by atoms with E-state index in [-0.39, 0.29) is 17.1 Å². The molecule has 0 aromatic heterocycles. The molecule has 0 radical (unpaired) electrons. The van der Waals surface area contributed by atoms with Gasteiger partial charge in [-0.1, -0.05) is 26.8 Å². The van der Waals surface area contributed by atoms with Crippen molar-refractivity contribution in [2.24, 2.45) is 5.41 Å². The third-order valence-corrected chi connectivity index (χ3v) is 4.76. The van der Waals surface area contributed by atoms with Crippen molar-refractivity contribution >= 4 is 9.04 Å². The van der Waals surface area contributed by atoms with Crippen LogP contribution < -0.4 is 15.6 Å². The summed E-state index contributed by atoms with van der Waals surface area (Å²) in [6.07, 6.45) is -4.79. The molecule has 4 nitrogen and oxygen atoms in total. The maximum absolute atomic E-state index is 13.4. The van der Waals surface area contributed by atoms with Crippen LogP contribution in [0.4, 0.5) is 13.2 Å². The number of ether oxygens (including phenoxy) is 1. The lowest BCUT2D eigenvalue weighted by molar-refractivity contribution is -0.165. The number of hydrogen-bond donors (Lipinski definition) is 2. The van der Waals surface area contributed by atoms with Crippen LogP contribution in [0.2, 0.25) is 13.1 Å². The molecule has 1 heterocycles. The van der Waals surface area contributed by atoms with Gasteiger partial charge in [0, 0.05) is 5.56 Å². The first-order chi connectivity index (χ1) is 10.9.